The van der Waals surface area contributed by atoms with Gasteiger partial charge >= 0.3 is 5.97 Å². The van der Waals surface area contributed by atoms with Gasteiger partial charge in [-0.3, -0.25) is 4.79 Å². The third-order valence-corrected chi connectivity index (χ3v) is 3.79. The standard InChI is InChI=1S/C17H27NO2/c1-4-13-10-11-15(12-14(13)5-2)16(18)8-6-7-9-17(19)20-3/h10-12,16H,4-9,18H2,1-3H3. The lowest BCUT2D eigenvalue weighted by Gasteiger charge is -2.15. The van der Waals surface area contributed by atoms with Crippen LogP contribution in [-0.2, 0) is 22.4 Å². The van der Waals surface area contributed by atoms with Gasteiger partial charge in [0.05, 0.1) is 7.11 Å². The summed E-state index contributed by atoms with van der Waals surface area (Å²) >= 11 is 0. The monoisotopic (exact) mass is 277 g/mol. The minimum absolute atomic E-state index is 0.0591. The number of nitrogens with two attached hydrogens (primary N) is 1. The van der Waals surface area contributed by atoms with E-state index in [0.29, 0.717) is 6.42 Å². The Bertz CT molecular complexity index is 429. The van der Waals surface area contributed by atoms with Crippen molar-refractivity contribution in [3.05, 3.63) is 34.9 Å². The Hall–Kier alpha value is -1.35. The normalized spacial score (nSPS) is 12.2. The van der Waals surface area contributed by atoms with Crippen molar-refractivity contribution in [1.29, 1.82) is 0 Å². The quantitative estimate of drug-likeness (QED) is 0.584. The molecule has 0 bridgehead atoms. The van der Waals surface area contributed by atoms with Crippen molar-refractivity contribution < 1.29 is 9.53 Å². The highest BCUT2D eigenvalue weighted by atomic mass is 16.5. The van der Waals surface area contributed by atoms with Crippen molar-refractivity contribution in [2.45, 2.75) is 58.4 Å². The van der Waals surface area contributed by atoms with Crippen molar-refractivity contribution in [1.82, 2.24) is 0 Å². The summed E-state index contributed by atoms with van der Waals surface area (Å²) in [6.07, 6.45) is 5.30. The highest BCUT2D eigenvalue weighted by Crippen LogP contribution is 2.21. The largest absolute Gasteiger partial charge is 0.469 e. The minimum atomic E-state index is -0.140. The van der Waals surface area contributed by atoms with Crippen LogP contribution >= 0.6 is 0 Å². The van der Waals surface area contributed by atoms with Gasteiger partial charge < -0.3 is 10.5 Å². The van der Waals surface area contributed by atoms with Gasteiger partial charge in [0.1, 0.15) is 0 Å². The number of benzene rings is 1. The van der Waals surface area contributed by atoms with E-state index in [0.717, 1.165) is 32.1 Å². The zero-order valence-corrected chi connectivity index (χ0v) is 12.9. The maximum absolute atomic E-state index is 11.0. The van der Waals surface area contributed by atoms with E-state index in [1.807, 2.05) is 0 Å². The van der Waals surface area contributed by atoms with Crippen molar-refractivity contribution in [2.75, 3.05) is 7.11 Å². The molecule has 2 N–H and O–H groups in total. The second-order valence-corrected chi connectivity index (χ2v) is 5.16. The number of ether oxygens (including phenoxy) is 1. The summed E-state index contributed by atoms with van der Waals surface area (Å²) < 4.78 is 4.63. The fourth-order valence-electron chi connectivity index (χ4n) is 2.45. The number of rotatable bonds is 8. The number of esters is 1. The predicted molar refractivity (Wildman–Crippen MR) is 82.6 cm³/mol. The Morgan fingerprint density at radius 3 is 2.50 bits per heavy atom. The van der Waals surface area contributed by atoms with E-state index in [2.05, 4.69) is 36.8 Å². The fourth-order valence-corrected chi connectivity index (χ4v) is 2.45. The molecular weight excluding hydrogens is 250 g/mol. The first-order chi connectivity index (χ1) is 9.62. The van der Waals surface area contributed by atoms with Gasteiger partial charge in [-0.1, -0.05) is 38.5 Å². The van der Waals surface area contributed by atoms with Gasteiger partial charge in [-0.2, -0.15) is 0 Å². The number of carbonyl (C=O) groups is 1. The summed E-state index contributed by atoms with van der Waals surface area (Å²) in [7, 11) is 1.43. The molecular formula is C17H27NO2. The molecule has 1 atom stereocenters. The molecule has 0 aliphatic rings. The van der Waals surface area contributed by atoms with Crippen LogP contribution in [0.5, 0.6) is 0 Å². The zero-order chi connectivity index (χ0) is 15.0. The van der Waals surface area contributed by atoms with Crippen molar-refractivity contribution in [2.24, 2.45) is 5.73 Å². The summed E-state index contributed by atoms with van der Waals surface area (Å²) in [5.41, 5.74) is 10.3. The summed E-state index contributed by atoms with van der Waals surface area (Å²) in [4.78, 5) is 11.0. The van der Waals surface area contributed by atoms with E-state index in [-0.39, 0.29) is 12.0 Å². The maximum Gasteiger partial charge on any atom is 0.305 e. The topological polar surface area (TPSA) is 52.3 Å². The molecule has 112 valence electrons. The van der Waals surface area contributed by atoms with Crippen LogP contribution in [-0.4, -0.2) is 13.1 Å². The van der Waals surface area contributed by atoms with E-state index in [1.54, 1.807) is 0 Å². The minimum Gasteiger partial charge on any atom is -0.469 e. The van der Waals surface area contributed by atoms with Gasteiger partial charge in [-0.15, -0.1) is 0 Å². The number of carbonyl (C=O) groups excluding carboxylic acids is 1. The molecule has 1 unspecified atom stereocenters. The van der Waals surface area contributed by atoms with E-state index in [9.17, 15) is 4.79 Å². The van der Waals surface area contributed by atoms with Crippen LogP contribution in [0.4, 0.5) is 0 Å². The Labute approximate surface area is 122 Å². The molecule has 0 amide bonds. The molecule has 0 saturated heterocycles. The second-order valence-electron chi connectivity index (χ2n) is 5.16. The van der Waals surface area contributed by atoms with Crippen molar-refractivity contribution >= 4 is 5.97 Å². The van der Waals surface area contributed by atoms with E-state index < -0.39 is 0 Å². The third kappa shape index (κ3) is 4.97. The molecule has 0 heterocycles. The number of unbranched alkanes of at least 4 members (excludes halogenated alkanes) is 1. The Morgan fingerprint density at radius 1 is 1.20 bits per heavy atom. The van der Waals surface area contributed by atoms with E-state index >= 15 is 0 Å². The van der Waals surface area contributed by atoms with Crippen LogP contribution in [0, 0.1) is 0 Å². The smallest absolute Gasteiger partial charge is 0.305 e. The molecule has 0 fully saturated rings. The molecule has 1 aromatic rings. The van der Waals surface area contributed by atoms with E-state index in [1.165, 1.54) is 23.8 Å². The van der Waals surface area contributed by atoms with Crippen molar-refractivity contribution in [3.8, 4) is 0 Å². The Morgan fingerprint density at radius 2 is 1.90 bits per heavy atom. The van der Waals surface area contributed by atoms with Crippen molar-refractivity contribution in [3.63, 3.8) is 0 Å². The molecule has 0 saturated carbocycles. The first-order valence-electron chi connectivity index (χ1n) is 7.56. The van der Waals surface area contributed by atoms with Crippen LogP contribution in [0.25, 0.3) is 0 Å². The van der Waals surface area contributed by atoms with Crippen LogP contribution < -0.4 is 5.73 Å². The molecule has 1 rings (SSSR count). The lowest BCUT2D eigenvalue weighted by atomic mass is 9.95. The van der Waals surface area contributed by atoms with Crippen LogP contribution in [0.3, 0.4) is 0 Å². The summed E-state index contributed by atoms with van der Waals surface area (Å²) in [6, 6.07) is 6.64. The SMILES string of the molecule is CCc1ccc(C(N)CCCCC(=O)OC)cc1CC. The average molecular weight is 277 g/mol. The summed E-state index contributed by atoms with van der Waals surface area (Å²) in [5, 5.41) is 0. The molecule has 0 radical (unpaired) electrons. The first-order valence-corrected chi connectivity index (χ1v) is 7.56. The lowest BCUT2D eigenvalue weighted by molar-refractivity contribution is -0.140. The third-order valence-electron chi connectivity index (χ3n) is 3.79. The van der Waals surface area contributed by atoms with Gasteiger partial charge in [-0.25, -0.2) is 0 Å². The van der Waals surface area contributed by atoms with Gasteiger partial charge in [0.15, 0.2) is 0 Å². The van der Waals surface area contributed by atoms with E-state index in [4.69, 9.17) is 5.73 Å². The Kier molecular flexibility index (Phi) is 7.31. The predicted octanol–water partition coefficient (Wildman–Crippen LogP) is 3.54. The maximum atomic E-state index is 11.0. The fraction of sp³-hybridized carbons (Fsp3) is 0.588. The number of hydrogen-bond acceptors (Lipinski definition) is 3. The molecule has 0 aliphatic heterocycles. The highest BCUT2D eigenvalue weighted by Gasteiger charge is 2.09. The number of methoxy groups -OCH3 is 1. The van der Waals surface area contributed by atoms with Crippen LogP contribution in [0.15, 0.2) is 18.2 Å². The summed E-state index contributed by atoms with van der Waals surface area (Å²) in [5.74, 6) is -0.140. The Balaban J connectivity index is 2.50. The molecule has 20 heavy (non-hydrogen) atoms. The van der Waals surface area contributed by atoms with Gasteiger partial charge in [0.2, 0.25) is 0 Å². The average Bonchev–Trinajstić information content (AvgIpc) is 2.50. The summed E-state index contributed by atoms with van der Waals surface area (Å²) in [6.45, 7) is 4.36. The zero-order valence-electron chi connectivity index (χ0n) is 12.9. The van der Waals surface area contributed by atoms with Gasteiger partial charge in [-0.05, 0) is 42.4 Å². The van der Waals surface area contributed by atoms with Gasteiger partial charge in [0, 0.05) is 12.5 Å². The number of hydrogen-bond donors (Lipinski definition) is 1. The molecule has 3 heteroatoms. The lowest BCUT2D eigenvalue weighted by Crippen LogP contribution is -2.11. The first kappa shape index (κ1) is 16.7. The number of aryl methyl sites for hydroxylation is 2. The van der Waals surface area contributed by atoms with Gasteiger partial charge in [0.25, 0.3) is 0 Å². The molecule has 0 spiro atoms. The second kappa shape index (κ2) is 8.75. The highest BCUT2D eigenvalue weighted by molar-refractivity contribution is 5.68. The molecule has 1 aromatic carbocycles. The van der Waals surface area contributed by atoms with Crippen LogP contribution in [0.2, 0.25) is 0 Å². The molecule has 0 aliphatic carbocycles. The molecule has 0 aromatic heterocycles. The molecule has 3 nitrogen and oxygen atoms in total. The van der Waals surface area contributed by atoms with Crippen LogP contribution in [0.1, 0.15) is 62.3 Å².